The molecule has 0 spiro atoms. The molecule has 1 atom stereocenters. The van der Waals surface area contributed by atoms with Crippen molar-refractivity contribution < 1.29 is 27.6 Å². The molecule has 0 aliphatic rings. The number of hydrogen-bond acceptors (Lipinski definition) is 6. The first-order chi connectivity index (χ1) is 12.7. The van der Waals surface area contributed by atoms with Gasteiger partial charge in [0.2, 0.25) is 10.0 Å². The number of ether oxygens (including phenoxy) is 1. The van der Waals surface area contributed by atoms with Gasteiger partial charge in [-0.2, -0.15) is 0 Å². The molecule has 1 rings (SSSR count). The van der Waals surface area contributed by atoms with Gasteiger partial charge in [-0.25, -0.2) is 23.0 Å². The molecule has 0 fully saturated rings. The number of nitrogens with zero attached hydrogens (tertiary/aromatic N) is 1. The van der Waals surface area contributed by atoms with Crippen molar-refractivity contribution in [2.24, 2.45) is 0 Å². The molecule has 9 nitrogen and oxygen atoms in total. The number of rotatable bonds is 7. The zero-order chi connectivity index (χ0) is 21.7. The second-order valence-electron chi connectivity index (χ2n) is 7.22. The van der Waals surface area contributed by atoms with Crippen molar-refractivity contribution in [3.05, 3.63) is 28.8 Å². The van der Waals surface area contributed by atoms with Crippen molar-refractivity contribution in [2.45, 2.75) is 44.2 Å². The second kappa shape index (κ2) is 9.55. The van der Waals surface area contributed by atoms with E-state index in [4.69, 9.17) is 21.2 Å². The molecule has 11 heteroatoms. The summed E-state index contributed by atoms with van der Waals surface area (Å²) in [6.45, 7) is 6.86. The predicted molar refractivity (Wildman–Crippen MR) is 105 cm³/mol. The Balaban J connectivity index is 2.66. The molecule has 2 N–H and O–H groups in total. The standard InChI is InChI=1S/C17H26ClN3O6S/c1-11(19-16(23)27-17(2,3)4)10-26-20-15(22)12-7-8-13(18)14(9-12)28(24,25)21(5)6/h7-9,11H,10H2,1-6H3,(H,19,23)(H,20,22)/t11-/m0/s1. The van der Waals surface area contributed by atoms with E-state index in [1.165, 1.54) is 32.3 Å². The third-order valence-corrected chi connectivity index (χ3v) is 5.51. The molecule has 0 unspecified atom stereocenters. The third-order valence-electron chi connectivity index (χ3n) is 3.21. The number of hydrogen-bond donors (Lipinski definition) is 2. The summed E-state index contributed by atoms with van der Waals surface area (Å²) in [5.41, 5.74) is 1.62. The number of nitrogens with one attached hydrogen (secondary N) is 2. The minimum absolute atomic E-state index is 0.00125. The first kappa shape index (κ1) is 24.2. The van der Waals surface area contributed by atoms with Crippen molar-refractivity contribution in [3.63, 3.8) is 0 Å². The Morgan fingerprint density at radius 1 is 1.25 bits per heavy atom. The van der Waals surface area contributed by atoms with Gasteiger partial charge in [-0.1, -0.05) is 11.6 Å². The minimum atomic E-state index is -3.81. The van der Waals surface area contributed by atoms with Crippen molar-refractivity contribution in [1.82, 2.24) is 15.1 Å². The maximum Gasteiger partial charge on any atom is 0.407 e. The van der Waals surface area contributed by atoms with Gasteiger partial charge >= 0.3 is 6.09 Å². The summed E-state index contributed by atoms with van der Waals surface area (Å²) in [6.07, 6.45) is -0.605. The smallest absolute Gasteiger partial charge is 0.407 e. The zero-order valence-corrected chi connectivity index (χ0v) is 18.3. The van der Waals surface area contributed by atoms with Gasteiger partial charge in [0.05, 0.1) is 17.7 Å². The number of benzene rings is 1. The lowest BCUT2D eigenvalue weighted by Gasteiger charge is -2.21. The molecule has 0 aliphatic carbocycles. The summed E-state index contributed by atoms with van der Waals surface area (Å²) < 4.78 is 30.6. The van der Waals surface area contributed by atoms with Crippen LogP contribution >= 0.6 is 11.6 Å². The van der Waals surface area contributed by atoms with Gasteiger partial charge in [-0.15, -0.1) is 0 Å². The van der Waals surface area contributed by atoms with E-state index in [9.17, 15) is 18.0 Å². The second-order valence-corrected chi connectivity index (χ2v) is 9.75. The Morgan fingerprint density at radius 2 is 1.86 bits per heavy atom. The van der Waals surface area contributed by atoms with Gasteiger partial charge in [-0.3, -0.25) is 9.63 Å². The number of carbonyl (C=O) groups is 2. The minimum Gasteiger partial charge on any atom is -0.444 e. The van der Waals surface area contributed by atoms with E-state index < -0.39 is 33.7 Å². The van der Waals surface area contributed by atoms with E-state index >= 15 is 0 Å². The van der Waals surface area contributed by atoms with Crippen LogP contribution < -0.4 is 10.8 Å². The van der Waals surface area contributed by atoms with Crippen LogP contribution in [0.5, 0.6) is 0 Å². The van der Waals surface area contributed by atoms with Gasteiger partial charge in [-0.05, 0) is 45.9 Å². The molecular formula is C17H26ClN3O6S. The lowest BCUT2D eigenvalue weighted by Crippen LogP contribution is -2.41. The fourth-order valence-corrected chi connectivity index (χ4v) is 3.27. The van der Waals surface area contributed by atoms with Crippen LogP contribution in [0, 0.1) is 0 Å². The highest BCUT2D eigenvalue weighted by Crippen LogP contribution is 2.24. The molecule has 0 radical (unpaired) electrons. The van der Waals surface area contributed by atoms with E-state index in [1.807, 2.05) is 0 Å². The Kier molecular flexibility index (Phi) is 8.24. The van der Waals surface area contributed by atoms with E-state index in [2.05, 4.69) is 10.8 Å². The van der Waals surface area contributed by atoms with Crippen LogP contribution in [-0.4, -0.2) is 57.1 Å². The fraction of sp³-hybridized carbons (Fsp3) is 0.529. The van der Waals surface area contributed by atoms with Crippen molar-refractivity contribution in [1.29, 1.82) is 0 Å². The van der Waals surface area contributed by atoms with Crippen LogP contribution in [-0.2, 0) is 19.6 Å². The van der Waals surface area contributed by atoms with E-state index in [0.717, 1.165) is 4.31 Å². The lowest BCUT2D eigenvalue weighted by molar-refractivity contribution is 0.0190. The Labute approximate surface area is 170 Å². The van der Waals surface area contributed by atoms with E-state index in [-0.39, 0.29) is 22.1 Å². The van der Waals surface area contributed by atoms with Crippen LogP contribution in [0.15, 0.2) is 23.1 Å². The van der Waals surface area contributed by atoms with Crippen LogP contribution in [0.1, 0.15) is 38.1 Å². The number of alkyl carbamates (subject to hydrolysis) is 1. The molecular weight excluding hydrogens is 410 g/mol. The zero-order valence-electron chi connectivity index (χ0n) is 16.7. The first-order valence-corrected chi connectivity index (χ1v) is 10.2. The molecule has 1 aromatic rings. The van der Waals surface area contributed by atoms with Crippen LogP contribution in [0.2, 0.25) is 5.02 Å². The first-order valence-electron chi connectivity index (χ1n) is 8.38. The van der Waals surface area contributed by atoms with Gasteiger partial charge in [0.15, 0.2) is 0 Å². The average Bonchev–Trinajstić information content (AvgIpc) is 2.52. The number of amides is 2. The van der Waals surface area contributed by atoms with Crippen molar-refractivity contribution in [3.8, 4) is 0 Å². The number of hydroxylamine groups is 1. The molecule has 2 amide bonds. The normalized spacial score (nSPS) is 13.1. The molecule has 1 aromatic carbocycles. The van der Waals surface area contributed by atoms with E-state index in [1.54, 1.807) is 27.7 Å². The highest BCUT2D eigenvalue weighted by atomic mass is 35.5. The summed E-state index contributed by atoms with van der Waals surface area (Å²) in [7, 11) is -1.08. The van der Waals surface area contributed by atoms with E-state index in [0.29, 0.717) is 0 Å². The number of halogens is 1. The monoisotopic (exact) mass is 435 g/mol. The van der Waals surface area contributed by atoms with Gasteiger partial charge in [0.1, 0.15) is 10.5 Å². The molecule has 0 saturated heterocycles. The molecule has 0 saturated carbocycles. The van der Waals surface area contributed by atoms with Crippen molar-refractivity contribution in [2.75, 3.05) is 20.7 Å². The largest absolute Gasteiger partial charge is 0.444 e. The average molecular weight is 436 g/mol. The Hall–Kier alpha value is -1.88. The summed E-state index contributed by atoms with van der Waals surface area (Å²) in [5, 5.41) is 2.56. The third kappa shape index (κ3) is 7.27. The summed E-state index contributed by atoms with van der Waals surface area (Å²) in [4.78, 5) is 28.7. The molecule has 0 bridgehead atoms. The molecule has 28 heavy (non-hydrogen) atoms. The number of sulfonamides is 1. The molecule has 0 aliphatic heterocycles. The van der Waals surface area contributed by atoms with Gasteiger partial charge < -0.3 is 10.1 Å². The highest BCUT2D eigenvalue weighted by Gasteiger charge is 2.23. The van der Waals surface area contributed by atoms with Crippen molar-refractivity contribution >= 4 is 33.6 Å². The summed E-state index contributed by atoms with van der Waals surface area (Å²) in [6, 6.07) is 3.42. The maximum absolute atomic E-state index is 12.3. The SMILES string of the molecule is C[C@@H](CONC(=O)c1ccc(Cl)c(S(=O)(=O)N(C)C)c1)NC(=O)OC(C)(C)C. The molecule has 158 valence electrons. The molecule has 0 aromatic heterocycles. The maximum atomic E-state index is 12.3. The lowest BCUT2D eigenvalue weighted by atomic mass is 10.2. The van der Waals surface area contributed by atoms with Gasteiger partial charge in [0, 0.05) is 19.7 Å². The predicted octanol–water partition coefficient (Wildman–Crippen LogP) is 2.16. The topological polar surface area (TPSA) is 114 Å². The summed E-state index contributed by atoms with van der Waals surface area (Å²) >= 11 is 5.95. The fourth-order valence-electron chi connectivity index (χ4n) is 1.88. The quantitative estimate of drug-likeness (QED) is 0.634. The van der Waals surface area contributed by atoms with Crippen LogP contribution in [0.25, 0.3) is 0 Å². The van der Waals surface area contributed by atoms with Crippen LogP contribution in [0.3, 0.4) is 0 Å². The molecule has 0 heterocycles. The Morgan fingerprint density at radius 3 is 2.39 bits per heavy atom. The Bertz CT molecular complexity index is 821. The van der Waals surface area contributed by atoms with Gasteiger partial charge in [0.25, 0.3) is 5.91 Å². The number of carbonyl (C=O) groups excluding carboxylic acids is 2. The van der Waals surface area contributed by atoms with Crippen LogP contribution in [0.4, 0.5) is 4.79 Å². The highest BCUT2D eigenvalue weighted by molar-refractivity contribution is 7.89. The summed E-state index contributed by atoms with van der Waals surface area (Å²) in [5.74, 6) is -0.656.